The van der Waals surface area contributed by atoms with Gasteiger partial charge in [0.1, 0.15) is 0 Å². The van der Waals surface area contributed by atoms with E-state index in [1.807, 2.05) is 0 Å². The lowest BCUT2D eigenvalue weighted by molar-refractivity contribution is 0.748. The van der Waals surface area contributed by atoms with Crippen LogP contribution in [0.3, 0.4) is 0 Å². The van der Waals surface area contributed by atoms with Crippen LogP contribution in [0.25, 0.3) is 94.3 Å². The maximum Gasteiger partial charge on any atom is 0.0754 e. The van der Waals surface area contributed by atoms with Crippen molar-refractivity contribution in [3.05, 3.63) is 516 Å². The summed E-state index contributed by atoms with van der Waals surface area (Å²) in [6.07, 6.45) is 0. The number of para-hydroxylation sites is 2. The predicted molar refractivity (Wildman–Crippen MR) is 473 cm³/mol. The van der Waals surface area contributed by atoms with Crippen molar-refractivity contribution in [3.8, 4) is 72.4 Å². The van der Waals surface area contributed by atoms with Gasteiger partial charge in [-0.25, -0.2) is 0 Å². The van der Waals surface area contributed by atoms with E-state index in [0.29, 0.717) is 0 Å². The number of rotatable bonds is 12. The number of fused-ring (bicyclic) bond motifs is 18. The first-order chi connectivity index (χ1) is 56.5. The monoisotopic (exact) mass is 1450 g/mol. The predicted octanol–water partition coefficient (Wildman–Crippen LogP) is 28.1. The van der Waals surface area contributed by atoms with Gasteiger partial charge < -0.3 is 14.8 Å². The lowest BCUT2D eigenvalue weighted by atomic mass is 9.65. The first-order valence-corrected chi connectivity index (χ1v) is 39.6. The fourth-order valence-corrected chi connectivity index (χ4v) is 20.1. The zero-order chi connectivity index (χ0) is 75.3. The summed E-state index contributed by atoms with van der Waals surface area (Å²) in [6.45, 7) is 0. The number of aromatic nitrogens is 1. The Bertz CT molecular complexity index is 6770. The molecule has 114 heavy (non-hydrogen) atoms. The molecule has 3 aliphatic carbocycles. The second-order valence-electron chi connectivity index (χ2n) is 30.5. The lowest BCUT2D eigenvalue weighted by Gasteiger charge is -2.39. The number of benzene rings is 18. The lowest BCUT2D eigenvalue weighted by Crippen LogP contribution is -2.33. The Hall–Kier alpha value is -14.6. The van der Waals surface area contributed by atoms with E-state index in [0.717, 1.165) is 34.0 Å². The van der Waals surface area contributed by atoms with E-state index in [1.54, 1.807) is 0 Å². The third kappa shape index (κ3) is 10.1. The van der Waals surface area contributed by atoms with Crippen LogP contribution in [-0.2, 0) is 16.2 Å². The highest BCUT2D eigenvalue weighted by Crippen LogP contribution is 2.63. The molecule has 3 nitrogen and oxygen atoms in total. The number of anilines is 5. The second-order valence-corrected chi connectivity index (χ2v) is 30.5. The van der Waals surface area contributed by atoms with Crippen molar-refractivity contribution < 1.29 is 0 Å². The van der Waals surface area contributed by atoms with Gasteiger partial charge in [0.25, 0.3) is 0 Å². The van der Waals surface area contributed by atoms with Crippen LogP contribution in [0.15, 0.2) is 449 Å². The topological polar surface area (TPSA) is 20.2 Å². The third-order valence-corrected chi connectivity index (χ3v) is 24.8. The van der Waals surface area contributed by atoms with Gasteiger partial charge in [0.2, 0.25) is 0 Å². The molecule has 23 rings (SSSR count). The summed E-state index contributed by atoms with van der Waals surface area (Å²) >= 11 is 0. The molecule has 1 aliphatic heterocycles. The van der Waals surface area contributed by atoms with Crippen LogP contribution in [0.1, 0.15) is 66.8 Å². The highest BCUT2D eigenvalue weighted by atomic mass is 15.1. The zero-order valence-corrected chi connectivity index (χ0v) is 62.6. The van der Waals surface area contributed by atoms with Crippen LogP contribution in [0.4, 0.5) is 28.4 Å². The van der Waals surface area contributed by atoms with Gasteiger partial charge in [-0.15, -0.1) is 0 Å². The molecule has 18 aromatic carbocycles. The van der Waals surface area contributed by atoms with Crippen molar-refractivity contribution in [1.29, 1.82) is 0 Å². The maximum absolute atomic E-state index is 3.68. The van der Waals surface area contributed by atoms with E-state index in [9.17, 15) is 0 Å². The highest BCUT2D eigenvalue weighted by Gasteiger charge is 2.52. The zero-order valence-electron chi connectivity index (χ0n) is 62.6. The minimum Gasteiger partial charge on any atom is -0.356 e. The van der Waals surface area contributed by atoms with Crippen molar-refractivity contribution in [2.45, 2.75) is 16.2 Å². The first-order valence-electron chi connectivity index (χ1n) is 39.6. The molecular formula is C111H75N3. The Morgan fingerprint density at radius 1 is 0.202 bits per heavy atom. The van der Waals surface area contributed by atoms with Crippen molar-refractivity contribution in [1.82, 2.24) is 4.57 Å². The van der Waals surface area contributed by atoms with Gasteiger partial charge in [-0.1, -0.05) is 376 Å². The Kier molecular flexibility index (Phi) is 15.6. The van der Waals surface area contributed by atoms with Crippen LogP contribution in [0, 0.1) is 0 Å². The average molecular weight is 1450 g/mol. The summed E-state index contributed by atoms with van der Waals surface area (Å²) in [7, 11) is 0. The van der Waals surface area contributed by atoms with Gasteiger partial charge in [-0.05, 0) is 206 Å². The van der Waals surface area contributed by atoms with E-state index in [-0.39, 0.29) is 5.41 Å². The van der Waals surface area contributed by atoms with Crippen molar-refractivity contribution >= 4 is 50.2 Å². The summed E-state index contributed by atoms with van der Waals surface area (Å²) < 4.78 is 2.56. The normalized spacial score (nSPS) is 13.5. The molecule has 0 saturated heterocycles. The van der Waals surface area contributed by atoms with E-state index < -0.39 is 10.8 Å². The Balaban J connectivity index is 0.000000175. The standard InChI is InChI=1S/C74H48N2.C37H27N/c1-4-19-49(20-5-1)50-35-40-55(41-36-50)75(57-44-45-61-60-27-10-14-30-64(60)73(69(61)48-57,53-21-6-2-7-22-53)54-23-8-3-9-24-54)56-42-37-51(38-43-56)52-39-46-67-71(47-52)76-70-34-17-13-28-62(70)63-29-18-33-68(72(63)76)74(67)65-31-15-11-25-58(65)59-26-12-16-32-66(59)74;1-4-12-27(13-5-1)28-20-22-31(23-21-28)38-32-24-25-34-33-18-10-11-19-35(33)37(36(34)26-32,29-14-6-2-7-15-29)30-16-8-3-9-17-30/h1-48H;1-26,38H. The number of nitrogens with zero attached hydrogens (tertiary/aromatic N) is 2. The summed E-state index contributed by atoms with van der Waals surface area (Å²) in [5.74, 6) is 0. The molecule has 19 aromatic rings. The van der Waals surface area contributed by atoms with Crippen molar-refractivity contribution in [2.24, 2.45) is 0 Å². The highest BCUT2D eigenvalue weighted by molar-refractivity contribution is 6.13. The second kappa shape index (κ2) is 26.8. The molecular weight excluding hydrogens is 1380 g/mol. The molecule has 1 N–H and O–H groups in total. The Labute approximate surface area is 665 Å². The van der Waals surface area contributed by atoms with Crippen molar-refractivity contribution in [2.75, 3.05) is 10.2 Å². The molecule has 0 saturated carbocycles. The summed E-state index contributed by atoms with van der Waals surface area (Å²) in [6, 6.07) is 165. The first kappa shape index (κ1) is 66.4. The summed E-state index contributed by atoms with van der Waals surface area (Å²) in [5, 5.41) is 6.24. The van der Waals surface area contributed by atoms with Crippen LogP contribution < -0.4 is 10.2 Å². The molecule has 2 heterocycles. The van der Waals surface area contributed by atoms with Crippen LogP contribution in [0.2, 0.25) is 0 Å². The molecule has 0 fully saturated rings. The van der Waals surface area contributed by atoms with Gasteiger partial charge in [0, 0.05) is 39.2 Å². The molecule has 3 heteroatoms. The smallest absolute Gasteiger partial charge is 0.0754 e. The quantitative estimate of drug-likeness (QED) is 0.132. The van der Waals surface area contributed by atoms with E-state index in [2.05, 4.69) is 464 Å². The van der Waals surface area contributed by atoms with E-state index in [1.165, 1.54) is 155 Å². The Morgan fingerprint density at radius 3 is 1.04 bits per heavy atom. The van der Waals surface area contributed by atoms with Crippen LogP contribution in [-0.4, -0.2) is 4.57 Å². The largest absolute Gasteiger partial charge is 0.356 e. The number of nitrogens with one attached hydrogen (secondary N) is 1. The number of hydrogen-bond acceptors (Lipinski definition) is 2. The Morgan fingerprint density at radius 2 is 0.544 bits per heavy atom. The van der Waals surface area contributed by atoms with Gasteiger partial charge in [0.05, 0.1) is 33.0 Å². The fraction of sp³-hybridized carbons (Fsp3) is 0.0270. The molecule has 0 radical (unpaired) electrons. The van der Waals surface area contributed by atoms with Crippen LogP contribution >= 0.6 is 0 Å². The van der Waals surface area contributed by atoms with Gasteiger partial charge >= 0.3 is 0 Å². The average Bonchev–Trinajstić information content (AvgIpc) is 1.53. The number of hydrogen-bond donors (Lipinski definition) is 1. The molecule has 1 aromatic heterocycles. The molecule has 1 spiro atoms. The van der Waals surface area contributed by atoms with Gasteiger partial charge in [-0.3, -0.25) is 0 Å². The minimum atomic E-state index is -0.526. The fourth-order valence-electron chi connectivity index (χ4n) is 20.1. The summed E-state index contributed by atoms with van der Waals surface area (Å²) in [4.78, 5) is 2.44. The van der Waals surface area contributed by atoms with Crippen molar-refractivity contribution in [3.63, 3.8) is 0 Å². The van der Waals surface area contributed by atoms with E-state index in [4.69, 9.17) is 0 Å². The minimum absolute atomic E-state index is 0.386. The van der Waals surface area contributed by atoms with Gasteiger partial charge in [0.15, 0.2) is 0 Å². The molecule has 0 unspecified atom stereocenters. The van der Waals surface area contributed by atoms with Crippen LogP contribution in [0.5, 0.6) is 0 Å². The molecule has 534 valence electrons. The molecule has 0 amide bonds. The molecule has 0 atom stereocenters. The molecule has 4 aliphatic rings. The van der Waals surface area contributed by atoms with E-state index >= 15 is 0 Å². The maximum atomic E-state index is 3.68. The SMILES string of the molecule is c1ccc(-c2ccc(N(c3ccc(-c4ccc5c(c4)-n4c6ccccc6c6cccc(c64)C54c5ccccc5-c5ccccc54)cc3)c3ccc4c(c3)C(c3ccccc3)(c3ccccc3)c3ccccc3-4)cc2)cc1.c1ccc(-c2ccc(Nc3ccc4c(c3)C(c3ccccc3)(c3ccccc3)c3ccccc3-4)cc2)cc1. The molecule has 0 bridgehead atoms. The third-order valence-electron chi connectivity index (χ3n) is 24.8. The van der Waals surface area contributed by atoms with Gasteiger partial charge in [-0.2, -0.15) is 0 Å². The summed E-state index contributed by atoms with van der Waals surface area (Å²) in [5.41, 5.74) is 38.3.